The largest absolute Gasteiger partial charge is 0.385 e. The maximum absolute atomic E-state index is 9.71. The molecule has 8 nitrogen and oxygen atoms in total. The van der Waals surface area contributed by atoms with Crippen molar-refractivity contribution in [1.82, 2.24) is 24.9 Å². The average molecular weight is 414 g/mol. The lowest BCUT2D eigenvalue weighted by molar-refractivity contribution is 0.157. The highest BCUT2D eigenvalue weighted by Crippen LogP contribution is 2.35. The summed E-state index contributed by atoms with van der Waals surface area (Å²) in [4.78, 5) is 8.32. The predicted octanol–water partition coefficient (Wildman–Crippen LogP) is 2.30. The predicted molar refractivity (Wildman–Crippen MR) is 89.0 cm³/mol. The maximum Gasteiger partial charge on any atom is 0.178 e. The lowest BCUT2D eigenvalue weighted by Gasteiger charge is -2.05. The number of nitrogen functional groups attached to an aromatic ring is 1. The minimum absolute atomic E-state index is 0.103. The van der Waals surface area contributed by atoms with Gasteiger partial charge in [-0.05, 0) is 43.4 Å². The van der Waals surface area contributed by atoms with Crippen molar-refractivity contribution in [2.24, 2.45) is 0 Å². The summed E-state index contributed by atoms with van der Waals surface area (Å²) >= 11 is 2.08. The number of fused-ring (bicyclic) bond motifs is 1. The summed E-state index contributed by atoms with van der Waals surface area (Å²) in [5.41, 5.74) is 7.75. The van der Waals surface area contributed by atoms with E-state index in [0.29, 0.717) is 37.6 Å². The lowest BCUT2D eigenvalue weighted by atomic mass is 10.2. The minimum Gasteiger partial charge on any atom is -0.385 e. The molecule has 0 saturated heterocycles. The number of nitrogens with zero attached hydrogens (tertiary/aromatic N) is 5. The Balaban J connectivity index is 2.32. The van der Waals surface area contributed by atoms with Crippen LogP contribution in [0, 0.1) is 3.57 Å². The Morgan fingerprint density at radius 1 is 1.27 bits per heavy atom. The van der Waals surface area contributed by atoms with Gasteiger partial charge in [0, 0.05) is 6.04 Å². The van der Waals surface area contributed by atoms with Crippen molar-refractivity contribution in [2.45, 2.75) is 32.9 Å². The quantitative estimate of drug-likeness (QED) is 0.632. The van der Waals surface area contributed by atoms with Gasteiger partial charge in [0.1, 0.15) is 29.6 Å². The van der Waals surface area contributed by atoms with Gasteiger partial charge in [0.05, 0.1) is 8.96 Å². The van der Waals surface area contributed by atoms with E-state index in [-0.39, 0.29) is 6.04 Å². The summed E-state index contributed by atoms with van der Waals surface area (Å²) in [6.45, 7) is 5.63. The first-order valence-electron chi connectivity index (χ1n) is 6.74. The number of nitrogens with two attached hydrogens (primary N) is 1. The highest BCUT2D eigenvalue weighted by molar-refractivity contribution is 14.1. The number of rotatable bonds is 3. The van der Waals surface area contributed by atoms with E-state index >= 15 is 0 Å². The Morgan fingerprint density at radius 2 is 2.00 bits per heavy atom. The average Bonchev–Trinajstić information content (AvgIpc) is 3.00. The van der Waals surface area contributed by atoms with Gasteiger partial charge in [0.25, 0.3) is 0 Å². The Kier molecular flexibility index (Phi) is 3.77. The van der Waals surface area contributed by atoms with E-state index in [9.17, 15) is 5.11 Å². The van der Waals surface area contributed by atoms with Crippen LogP contribution in [-0.4, -0.2) is 30.0 Å². The van der Waals surface area contributed by atoms with Crippen molar-refractivity contribution in [2.75, 3.05) is 5.73 Å². The first-order chi connectivity index (χ1) is 10.4. The van der Waals surface area contributed by atoms with Crippen molar-refractivity contribution in [3.8, 4) is 11.4 Å². The van der Waals surface area contributed by atoms with Crippen molar-refractivity contribution in [1.29, 1.82) is 0 Å². The van der Waals surface area contributed by atoms with Gasteiger partial charge in [0.2, 0.25) is 0 Å². The molecule has 0 aliphatic carbocycles. The zero-order valence-electron chi connectivity index (χ0n) is 12.3. The molecule has 0 aliphatic heterocycles. The smallest absolute Gasteiger partial charge is 0.178 e. The SMILES string of the molecule is CC(C)n1nc(-c2noc([C@@H](C)O)c2I)c2c(N)ncnc21. The van der Waals surface area contributed by atoms with E-state index in [1.165, 1.54) is 6.33 Å². The number of hydrogen-bond donors (Lipinski definition) is 2. The van der Waals surface area contributed by atoms with E-state index in [4.69, 9.17) is 10.3 Å². The molecule has 0 bridgehead atoms. The molecule has 0 aromatic carbocycles. The van der Waals surface area contributed by atoms with Gasteiger partial charge < -0.3 is 15.4 Å². The third-order valence-electron chi connectivity index (χ3n) is 3.27. The van der Waals surface area contributed by atoms with Crippen LogP contribution in [0.5, 0.6) is 0 Å². The molecule has 0 amide bonds. The third-order valence-corrected chi connectivity index (χ3v) is 4.31. The molecule has 3 N–H and O–H groups in total. The topological polar surface area (TPSA) is 116 Å². The molecule has 3 aromatic rings. The van der Waals surface area contributed by atoms with Gasteiger partial charge in [-0.1, -0.05) is 5.16 Å². The number of aliphatic hydroxyl groups excluding tert-OH is 1. The van der Waals surface area contributed by atoms with Gasteiger partial charge in [-0.25, -0.2) is 14.6 Å². The van der Waals surface area contributed by atoms with Crippen molar-refractivity contribution in [3.63, 3.8) is 0 Å². The zero-order valence-corrected chi connectivity index (χ0v) is 14.4. The summed E-state index contributed by atoms with van der Waals surface area (Å²) in [7, 11) is 0. The number of hydrogen-bond acceptors (Lipinski definition) is 7. The summed E-state index contributed by atoms with van der Waals surface area (Å²) < 4.78 is 7.70. The summed E-state index contributed by atoms with van der Waals surface area (Å²) in [6.07, 6.45) is 0.664. The Bertz CT molecular complexity index is 839. The van der Waals surface area contributed by atoms with Crippen LogP contribution in [0.3, 0.4) is 0 Å². The monoisotopic (exact) mass is 414 g/mol. The maximum atomic E-state index is 9.71. The van der Waals surface area contributed by atoms with E-state index in [1.54, 1.807) is 11.6 Å². The fourth-order valence-electron chi connectivity index (χ4n) is 2.22. The molecule has 3 aromatic heterocycles. The summed E-state index contributed by atoms with van der Waals surface area (Å²) in [5.74, 6) is 0.738. The molecule has 0 saturated carbocycles. The molecular formula is C13H15IN6O2. The van der Waals surface area contributed by atoms with E-state index < -0.39 is 6.10 Å². The standard InChI is InChI=1S/C13H15IN6O2/c1-5(2)20-13-7(12(15)16-4-17-13)9(18-20)10-8(14)11(6(3)21)22-19-10/h4-6,21H,1-3H3,(H2,15,16,17)/t6-/m1/s1. The van der Waals surface area contributed by atoms with E-state index in [2.05, 4.69) is 42.8 Å². The molecule has 0 fully saturated rings. The fraction of sp³-hybridized carbons (Fsp3) is 0.385. The summed E-state index contributed by atoms with van der Waals surface area (Å²) in [5, 5.41) is 19.0. The van der Waals surface area contributed by atoms with Crippen LogP contribution in [0.1, 0.15) is 38.7 Å². The third kappa shape index (κ3) is 2.24. The van der Waals surface area contributed by atoms with Crippen LogP contribution in [-0.2, 0) is 0 Å². The molecule has 3 rings (SSSR count). The Labute approximate surface area is 139 Å². The van der Waals surface area contributed by atoms with Crippen molar-refractivity contribution < 1.29 is 9.63 Å². The Hall–Kier alpha value is -1.75. The number of aromatic nitrogens is 5. The highest BCUT2D eigenvalue weighted by atomic mass is 127. The van der Waals surface area contributed by atoms with Crippen molar-refractivity contribution >= 4 is 39.4 Å². The second-order valence-corrected chi connectivity index (χ2v) is 6.31. The van der Waals surface area contributed by atoms with Crippen LogP contribution in [0.2, 0.25) is 0 Å². The molecule has 3 heterocycles. The van der Waals surface area contributed by atoms with Crippen LogP contribution in [0.15, 0.2) is 10.9 Å². The second-order valence-electron chi connectivity index (χ2n) is 5.23. The van der Waals surface area contributed by atoms with Gasteiger partial charge in [-0.2, -0.15) is 5.10 Å². The molecular weight excluding hydrogens is 399 g/mol. The molecule has 9 heteroatoms. The number of anilines is 1. The highest BCUT2D eigenvalue weighted by Gasteiger charge is 2.25. The van der Waals surface area contributed by atoms with Gasteiger partial charge in [-0.3, -0.25) is 0 Å². The molecule has 1 atom stereocenters. The molecule has 22 heavy (non-hydrogen) atoms. The van der Waals surface area contributed by atoms with Crippen LogP contribution >= 0.6 is 22.6 Å². The van der Waals surface area contributed by atoms with E-state index in [1.807, 2.05) is 13.8 Å². The lowest BCUT2D eigenvalue weighted by Crippen LogP contribution is -2.04. The summed E-state index contributed by atoms with van der Waals surface area (Å²) in [6, 6.07) is 0.103. The fourth-order valence-corrected chi connectivity index (χ4v) is 3.12. The zero-order chi connectivity index (χ0) is 16.0. The Morgan fingerprint density at radius 3 is 2.59 bits per heavy atom. The molecule has 0 aliphatic rings. The molecule has 0 spiro atoms. The van der Waals surface area contributed by atoms with Crippen LogP contribution in [0.25, 0.3) is 22.4 Å². The molecule has 0 radical (unpaired) electrons. The number of halogens is 1. The minimum atomic E-state index is -0.750. The normalized spacial score (nSPS) is 13.2. The van der Waals surface area contributed by atoms with Crippen LogP contribution < -0.4 is 5.73 Å². The van der Waals surface area contributed by atoms with E-state index in [0.717, 1.165) is 0 Å². The number of aliphatic hydroxyl groups is 1. The second kappa shape index (κ2) is 5.47. The van der Waals surface area contributed by atoms with Gasteiger partial charge >= 0.3 is 0 Å². The van der Waals surface area contributed by atoms with Crippen molar-refractivity contribution in [3.05, 3.63) is 15.7 Å². The molecule has 116 valence electrons. The molecule has 0 unspecified atom stereocenters. The first-order valence-corrected chi connectivity index (χ1v) is 7.81. The van der Waals surface area contributed by atoms with Crippen LogP contribution in [0.4, 0.5) is 5.82 Å². The van der Waals surface area contributed by atoms with Gasteiger partial charge in [-0.15, -0.1) is 0 Å². The first kappa shape index (κ1) is 15.2. The van der Waals surface area contributed by atoms with Gasteiger partial charge in [0.15, 0.2) is 11.4 Å².